The van der Waals surface area contributed by atoms with E-state index < -0.39 is 5.91 Å². The number of aryl methyl sites for hydroxylation is 2. The first kappa shape index (κ1) is 25.9. The number of fused-ring (bicyclic) bond motifs is 1. The first-order chi connectivity index (χ1) is 20.0. The van der Waals surface area contributed by atoms with Crippen molar-refractivity contribution in [3.63, 3.8) is 0 Å². The van der Waals surface area contributed by atoms with Gasteiger partial charge in [-0.15, -0.1) is 0 Å². The SMILES string of the molecule is CCc1ccc(Oc2cccc(Oc3ccc(N4C(=O)c5ccc(Oc6ccc(C)cc6)cc5C4=O)cc3)c2)cc1. The van der Waals surface area contributed by atoms with Crippen LogP contribution in [0.4, 0.5) is 5.69 Å². The van der Waals surface area contributed by atoms with Gasteiger partial charge in [-0.2, -0.15) is 0 Å². The number of nitrogens with zero attached hydrogens (tertiary/aromatic N) is 1. The van der Waals surface area contributed by atoms with Crippen molar-refractivity contribution in [2.24, 2.45) is 0 Å². The van der Waals surface area contributed by atoms with Crippen LogP contribution in [0.25, 0.3) is 0 Å². The highest BCUT2D eigenvalue weighted by Gasteiger charge is 2.37. The summed E-state index contributed by atoms with van der Waals surface area (Å²) in [6.07, 6.45) is 0.972. The summed E-state index contributed by atoms with van der Waals surface area (Å²) in [5.74, 6) is 2.93. The van der Waals surface area contributed by atoms with Gasteiger partial charge in [-0.05, 0) is 97.8 Å². The molecular formula is C35H27NO5. The van der Waals surface area contributed by atoms with Gasteiger partial charge < -0.3 is 14.2 Å². The first-order valence-corrected chi connectivity index (χ1v) is 13.4. The Morgan fingerprint density at radius 1 is 0.537 bits per heavy atom. The van der Waals surface area contributed by atoms with Crippen molar-refractivity contribution >= 4 is 17.5 Å². The molecule has 1 aliphatic heterocycles. The lowest BCUT2D eigenvalue weighted by Gasteiger charge is -2.15. The molecule has 0 unspecified atom stereocenters. The molecule has 0 saturated heterocycles. The zero-order chi connectivity index (χ0) is 28.3. The molecule has 0 N–H and O–H groups in total. The Balaban J connectivity index is 1.14. The average molecular weight is 542 g/mol. The van der Waals surface area contributed by atoms with Crippen LogP contribution in [0, 0.1) is 6.92 Å². The number of imide groups is 1. The van der Waals surface area contributed by atoms with E-state index in [-0.39, 0.29) is 5.91 Å². The van der Waals surface area contributed by atoms with Gasteiger partial charge in [0.1, 0.15) is 34.5 Å². The Morgan fingerprint density at radius 2 is 1.02 bits per heavy atom. The maximum absolute atomic E-state index is 13.3. The molecule has 0 atom stereocenters. The van der Waals surface area contributed by atoms with Crippen molar-refractivity contribution in [1.29, 1.82) is 0 Å². The molecule has 202 valence electrons. The van der Waals surface area contributed by atoms with E-state index in [2.05, 4.69) is 6.92 Å². The Hall–Kier alpha value is -5.36. The van der Waals surface area contributed by atoms with Crippen molar-refractivity contribution < 1.29 is 23.8 Å². The van der Waals surface area contributed by atoms with E-state index in [1.54, 1.807) is 42.5 Å². The maximum Gasteiger partial charge on any atom is 0.266 e. The molecule has 0 radical (unpaired) electrons. The first-order valence-electron chi connectivity index (χ1n) is 13.4. The van der Waals surface area contributed by atoms with Crippen molar-refractivity contribution in [3.8, 4) is 34.5 Å². The number of hydrogen-bond donors (Lipinski definition) is 0. The largest absolute Gasteiger partial charge is 0.457 e. The molecule has 0 aliphatic carbocycles. The minimum absolute atomic E-state index is 0.307. The summed E-state index contributed by atoms with van der Waals surface area (Å²) in [6.45, 7) is 4.11. The molecule has 0 fully saturated rings. The van der Waals surface area contributed by atoms with Crippen LogP contribution >= 0.6 is 0 Å². The van der Waals surface area contributed by atoms with Crippen molar-refractivity contribution in [2.45, 2.75) is 20.3 Å². The zero-order valence-corrected chi connectivity index (χ0v) is 22.7. The molecule has 1 heterocycles. The van der Waals surface area contributed by atoms with Crippen molar-refractivity contribution in [2.75, 3.05) is 4.90 Å². The second-order valence-corrected chi connectivity index (χ2v) is 9.74. The highest BCUT2D eigenvalue weighted by molar-refractivity contribution is 6.34. The van der Waals surface area contributed by atoms with E-state index in [9.17, 15) is 9.59 Å². The van der Waals surface area contributed by atoms with Crippen molar-refractivity contribution in [3.05, 3.63) is 138 Å². The lowest BCUT2D eigenvalue weighted by atomic mass is 10.1. The van der Waals surface area contributed by atoms with Gasteiger partial charge in [-0.1, -0.05) is 42.8 Å². The summed E-state index contributed by atoms with van der Waals surface area (Å²) in [5.41, 5.74) is 3.47. The molecule has 41 heavy (non-hydrogen) atoms. The van der Waals surface area contributed by atoms with Crippen LogP contribution in [-0.2, 0) is 6.42 Å². The van der Waals surface area contributed by atoms with E-state index in [1.807, 2.05) is 79.7 Å². The maximum atomic E-state index is 13.3. The number of anilines is 1. The van der Waals surface area contributed by atoms with Crippen LogP contribution in [-0.4, -0.2) is 11.8 Å². The summed E-state index contributed by atoms with van der Waals surface area (Å²) >= 11 is 0. The standard InChI is InChI=1S/C35H27NO5/c1-3-24-9-15-27(16-10-24)39-29-5-4-6-30(21-29)40-28-17-11-25(12-18-28)36-34(37)32-20-19-31(22-33(32)35(36)38)41-26-13-7-23(2)8-14-26/h4-22H,3H2,1-2H3. The number of benzene rings is 5. The van der Waals surface area contributed by atoms with Crippen LogP contribution < -0.4 is 19.1 Å². The van der Waals surface area contributed by atoms with Gasteiger partial charge in [0.2, 0.25) is 0 Å². The number of ether oxygens (including phenoxy) is 3. The molecular weight excluding hydrogens is 514 g/mol. The highest BCUT2D eigenvalue weighted by Crippen LogP contribution is 2.34. The summed E-state index contributed by atoms with van der Waals surface area (Å²) in [6, 6.07) is 34.7. The fourth-order valence-corrected chi connectivity index (χ4v) is 4.59. The van der Waals surface area contributed by atoms with E-state index >= 15 is 0 Å². The smallest absolute Gasteiger partial charge is 0.266 e. The molecule has 1 aliphatic rings. The van der Waals surface area contributed by atoms with Crippen LogP contribution in [0.2, 0.25) is 0 Å². The Labute approximate surface area is 238 Å². The Morgan fingerprint density at radius 3 is 1.61 bits per heavy atom. The third-order valence-corrected chi connectivity index (χ3v) is 6.82. The van der Waals surface area contributed by atoms with E-state index in [4.69, 9.17) is 14.2 Å². The minimum atomic E-state index is -0.398. The zero-order valence-electron chi connectivity index (χ0n) is 22.7. The van der Waals surface area contributed by atoms with Gasteiger partial charge in [0.05, 0.1) is 16.8 Å². The number of rotatable bonds is 8. The van der Waals surface area contributed by atoms with Gasteiger partial charge in [0, 0.05) is 6.07 Å². The molecule has 6 nitrogen and oxygen atoms in total. The fraction of sp³-hybridized carbons (Fsp3) is 0.0857. The van der Waals surface area contributed by atoms with Gasteiger partial charge in [0.25, 0.3) is 11.8 Å². The minimum Gasteiger partial charge on any atom is -0.457 e. The van der Waals surface area contributed by atoms with E-state index in [0.717, 1.165) is 17.7 Å². The number of amides is 2. The molecule has 0 spiro atoms. The quantitative estimate of drug-likeness (QED) is 0.184. The van der Waals surface area contributed by atoms with Crippen molar-refractivity contribution in [1.82, 2.24) is 0 Å². The third kappa shape index (κ3) is 5.54. The number of carbonyl (C=O) groups excluding carboxylic acids is 2. The fourth-order valence-electron chi connectivity index (χ4n) is 4.59. The lowest BCUT2D eigenvalue weighted by Crippen LogP contribution is -2.29. The van der Waals surface area contributed by atoms with Crippen LogP contribution in [0.15, 0.2) is 115 Å². The van der Waals surface area contributed by atoms with Gasteiger partial charge >= 0.3 is 0 Å². The average Bonchev–Trinajstić information content (AvgIpc) is 3.24. The van der Waals surface area contributed by atoms with E-state index in [0.29, 0.717) is 45.6 Å². The van der Waals surface area contributed by atoms with Gasteiger partial charge in [-0.3, -0.25) is 9.59 Å². The topological polar surface area (TPSA) is 65.1 Å². The van der Waals surface area contributed by atoms with Gasteiger partial charge in [-0.25, -0.2) is 4.90 Å². The third-order valence-electron chi connectivity index (χ3n) is 6.82. The Kier molecular flexibility index (Phi) is 6.96. The predicted molar refractivity (Wildman–Crippen MR) is 158 cm³/mol. The Bertz CT molecular complexity index is 1720. The van der Waals surface area contributed by atoms with Crippen LogP contribution in [0.1, 0.15) is 38.8 Å². The van der Waals surface area contributed by atoms with Crippen LogP contribution in [0.3, 0.4) is 0 Å². The second kappa shape index (κ2) is 11.0. The molecule has 6 heteroatoms. The number of hydrogen-bond acceptors (Lipinski definition) is 5. The molecule has 5 aromatic carbocycles. The number of carbonyl (C=O) groups is 2. The van der Waals surface area contributed by atoms with Gasteiger partial charge in [0.15, 0.2) is 0 Å². The summed E-state index contributed by atoms with van der Waals surface area (Å²) < 4.78 is 17.9. The predicted octanol–water partition coefficient (Wildman–Crippen LogP) is 8.73. The van der Waals surface area contributed by atoms with E-state index in [1.165, 1.54) is 10.5 Å². The molecule has 0 aromatic heterocycles. The molecule has 5 aromatic rings. The summed E-state index contributed by atoms with van der Waals surface area (Å²) in [7, 11) is 0. The molecule has 0 bridgehead atoms. The molecule has 6 rings (SSSR count). The van der Waals surface area contributed by atoms with Crippen LogP contribution in [0.5, 0.6) is 34.5 Å². The highest BCUT2D eigenvalue weighted by atomic mass is 16.5. The molecule has 2 amide bonds. The monoisotopic (exact) mass is 541 g/mol. The second-order valence-electron chi connectivity index (χ2n) is 9.74. The summed E-state index contributed by atoms with van der Waals surface area (Å²) in [5, 5.41) is 0. The normalized spacial score (nSPS) is 12.3. The lowest BCUT2D eigenvalue weighted by molar-refractivity contribution is 0.0926. The summed E-state index contributed by atoms with van der Waals surface area (Å²) in [4.78, 5) is 27.6. The molecule has 0 saturated carbocycles.